The maximum atomic E-state index is 12.1. The van der Waals surface area contributed by atoms with Gasteiger partial charge in [-0.2, -0.15) is 13.2 Å². The molecule has 0 aromatic carbocycles. The van der Waals surface area contributed by atoms with E-state index in [1.807, 2.05) is 0 Å². The van der Waals surface area contributed by atoms with Gasteiger partial charge in [0.2, 0.25) is 0 Å². The number of anilines is 1. The first-order valence-electron chi connectivity index (χ1n) is 6.70. The van der Waals surface area contributed by atoms with Crippen molar-refractivity contribution >= 4 is 5.82 Å². The molecule has 0 atom stereocenters. The molecule has 0 spiro atoms. The molecule has 20 heavy (non-hydrogen) atoms. The number of ether oxygens (including phenoxy) is 1. The Balaban J connectivity index is 2.12. The molecule has 0 fully saturated rings. The third kappa shape index (κ3) is 4.06. The van der Waals surface area contributed by atoms with Gasteiger partial charge in [0.05, 0.1) is 0 Å². The standard InChI is InChI=1S/C13H18F3N3O/c1-17-12-9-5-3-2-4-6-10(9)18-11(19-12)7-20-8-13(14,15)16/h2-8H2,1H3,(H,17,18,19). The Kier molecular flexibility index (Phi) is 4.80. The first kappa shape index (κ1) is 15.0. The van der Waals surface area contributed by atoms with Gasteiger partial charge in [0.25, 0.3) is 0 Å². The predicted molar refractivity (Wildman–Crippen MR) is 68.5 cm³/mol. The van der Waals surface area contributed by atoms with Gasteiger partial charge in [0.15, 0.2) is 5.82 Å². The molecule has 0 amide bonds. The molecule has 1 N–H and O–H groups in total. The van der Waals surface area contributed by atoms with E-state index in [-0.39, 0.29) is 6.61 Å². The van der Waals surface area contributed by atoms with Gasteiger partial charge < -0.3 is 10.1 Å². The van der Waals surface area contributed by atoms with Crippen LogP contribution in [-0.4, -0.2) is 29.8 Å². The second kappa shape index (κ2) is 6.39. The average Bonchev–Trinajstić information content (AvgIpc) is 2.61. The summed E-state index contributed by atoms with van der Waals surface area (Å²) in [5.41, 5.74) is 2.03. The summed E-state index contributed by atoms with van der Waals surface area (Å²) in [5.74, 6) is 1.02. The molecule has 0 saturated carbocycles. The highest BCUT2D eigenvalue weighted by Crippen LogP contribution is 2.25. The third-order valence-corrected chi connectivity index (χ3v) is 3.21. The summed E-state index contributed by atoms with van der Waals surface area (Å²) >= 11 is 0. The fourth-order valence-electron chi connectivity index (χ4n) is 2.35. The van der Waals surface area contributed by atoms with Crippen LogP contribution in [0.4, 0.5) is 19.0 Å². The second-order valence-electron chi connectivity index (χ2n) is 4.83. The fraction of sp³-hybridized carbons (Fsp3) is 0.692. The second-order valence-corrected chi connectivity index (χ2v) is 4.83. The van der Waals surface area contributed by atoms with Gasteiger partial charge in [-0.1, -0.05) is 6.42 Å². The maximum absolute atomic E-state index is 12.1. The zero-order valence-corrected chi connectivity index (χ0v) is 11.4. The summed E-state index contributed by atoms with van der Waals surface area (Å²) < 4.78 is 40.8. The van der Waals surface area contributed by atoms with Crippen molar-refractivity contribution in [3.05, 3.63) is 17.1 Å². The van der Waals surface area contributed by atoms with Crippen molar-refractivity contribution in [3.8, 4) is 0 Å². The van der Waals surface area contributed by atoms with Crippen LogP contribution in [0.5, 0.6) is 0 Å². The number of halogens is 3. The third-order valence-electron chi connectivity index (χ3n) is 3.21. The van der Waals surface area contributed by atoms with Crippen LogP contribution in [-0.2, 0) is 24.2 Å². The molecular formula is C13H18F3N3O. The topological polar surface area (TPSA) is 47.0 Å². The minimum Gasteiger partial charge on any atom is -0.373 e. The quantitative estimate of drug-likeness (QED) is 0.866. The normalized spacial score (nSPS) is 15.6. The number of nitrogens with one attached hydrogen (secondary N) is 1. The lowest BCUT2D eigenvalue weighted by atomic mass is 10.1. The van der Waals surface area contributed by atoms with Gasteiger partial charge >= 0.3 is 6.18 Å². The van der Waals surface area contributed by atoms with Crippen LogP contribution in [0.25, 0.3) is 0 Å². The fourth-order valence-corrected chi connectivity index (χ4v) is 2.35. The molecule has 1 aliphatic rings. The average molecular weight is 289 g/mol. The lowest BCUT2D eigenvalue weighted by Crippen LogP contribution is -2.18. The van der Waals surface area contributed by atoms with Crippen molar-refractivity contribution in [1.29, 1.82) is 0 Å². The molecule has 1 aromatic heterocycles. The van der Waals surface area contributed by atoms with E-state index < -0.39 is 12.8 Å². The first-order chi connectivity index (χ1) is 9.49. The number of aryl methyl sites for hydroxylation is 1. The molecule has 0 aliphatic heterocycles. The van der Waals surface area contributed by atoms with E-state index in [1.54, 1.807) is 7.05 Å². The Morgan fingerprint density at radius 1 is 1.15 bits per heavy atom. The van der Waals surface area contributed by atoms with Gasteiger partial charge in [0.1, 0.15) is 19.0 Å². The summed E-state index contributed by atoms with van der Waals surface area (Å²) in [6, 6.07) is 0. The highest BCUT2D eigenvalue weighted by molar-refractivity contribution is 5.46. The van der Waals surface area contributed by atoms with Gasteiger partial charge in [-0.25, -0.2) is 9.97 Å². The van der Waals surface area contributed by atoms with E-state index >= 15 is 0 Å². The van der Waals surface area contributed by atoms with Gasteiger partial charge in [0, 0.05) is 18.3 Å². The minimum atomic E-state index is -4.32. The summed E-state index contributed by atoms with van der Waals surface area (Å²) in [6.45, 7) is -1.50. The number of hydrogen-bond acceptors (Lipinski definition) is 4. The predicted octanol–water partition coefficient (Wildman–Crippen LogP) is 2.87. The molecule has 2 rings (SSSR count). The molecule has 4 nitrogen and oxygen atoms in total. The van der Waals surface area contributed by atoms with Crippen LogP contribution in [0.1, 0.15) is 36.3 Å². The van der Waals surface area contributed by atoms with Gasteiger partial charge in [-0.15, -0.1) is 0 Å². The zero-order chi connectivity index (χ0) is 14.6. The molecule has 112 valence electrons. The van der Waals surface area contributed by atoms with Crippen LogP contribution in [0.3, 0.4) is 0 Å². The number of nitrogens with zero attached hydrogens (tertiary/aromatic N) is 2. The monoisotopic (exact) mass is 289 g/mol. The minimum absolute atomic E-state index is 0.221. The Morgan fingerprint density at radius 2 is 1.90 bits per heavy atom. The Labute approximate surface area is 115 Å². The zero-order valence-electron chi connectivity index (χ0n) is 11.4. The summed E-state index contributed by atoms with van der Waals surface area (Å²) in [5, 5.41) is 3.00. The summed E-state index contributed by atoms with van der Waals surface area (Å²) in [6.07, 6.45) is 0.718. The van der Waals surface area contributed by atoms with Crippen molar-refractivity contribution in [1.82, 2.24) is 9.97 Å². The van der Waals surface area contributed by atoms with Crippen molar-refractivity contribution < 1.29 is 17.9 Å². The smallest absolute Gasteiger partial charge is 0.373 e. The van der Waals surface area contributed by atoms with Crippen LogP contribution in [0, 0.1) is 0 Å². The number of hydrogen-bond donors (Lipinski definition) is 1. The number of rotatable bonds is 4. The van der Waals surface area contributed by atoms with Crippen LogP contribution in [0.15, 0.2) is 0 Å². The largest absolute Gasteiger partial charge is 0.411 e. The molecule has 1 heterocycles. The highest BCUT2D eigenvalue weighted by Gasteiger charge is 2.27. The molecule has 7 heteroatoms. The molecule has 1 aliphatic carbocycles. The molecule has 0 radical (unpaired) electrons. The highest BCUT2D eigenvalue weighted by atomic mass is 19.4. The maximum Gasteiger partial charge on any atom is 0.411 e. The number of aromatic nitrogens is 2. The molecule has 0 bridgehead atoms. The van der Waals surface area contributed by atoms with Crippen molar-refractivity contribution in [3.63, 3.8) is 0 Å². The molecular weight excluding hydrogens is 271 g/mol. The van der Waals surface area contributed by atoms with Crippen molar-refractivity contribution in [2.75, 3.05) is 19.0 Å². The Hall–Kier alpha value is -1.37. The van der Waals surface area contributed by atoms with E-state index in [9.17, 15) is 13.2 Å². The summed E-state index contributed by atoms with van der Waals surface area (Å²) in [7, 11) is 1.76. The van der Waals surface area contributed by atoms with E-state index in [2.05, 4.69) is 20.0 Å². The van der Waals surface area contributed by atoms with E-state index in [0.717, 1.165) is 43.4 Å². The van der Waals surface area contributed by atoms with E-state index in [4.69, 9.17) is 0 Å². The first-order valence-corrected chi connectivity index (χ1v) is 6.70. The van der Waals surface area contributed by atoms with Gasteiger partial charge in [-0.3, -0.25) is 0 Å². The van der Waals surface area contributed by atoms with Crippen LogP contribution in [0.2, 0.25) is 0 Å². The molecule has 0 saturated heterocycles. The molecule has 1 aromatic rings. The summed E-state index contributed by atoms with van der Waals surface area (Å²) in [4.78, 5) is 8.61. The van der Waals surface area contributed by atoms with Crippen molar-refractivity contribution in [2.45, 2.75) is 44.9 Å². The SMILES string of the molecule is CNc1nc(COCC(F)(F)F)nc2c1CCCCC2. The van der Waals surface area contributed by atoms with Gasteiger partial charge in [-0.05, 0) is 25.7 Å². The Bertz CT molecular complexity index is 463. The number of alkyl halides is 3. The Morgan fingerprint density at radius 3 is 2.60 bits per heavy atom. The van der Waals surface area contributed by atoms with E-state index in [0.29, 0.717) is 11.6 Å². The lowest BCUT2D eigenvalue weighted by Gasteiger charge is -2.13. The van der Waals surface area contributed by atoms with Crippen molar-refractivity contribution in [2.24, 2.45) is 0 Å². The van der Waals surface area contributed by atoms with E-state index in [1.165, 1.54) is 0 Å². The van der Waals surface area contributed by atoms with Crippen LogP contribution < -0.4 is 5.32 Å². The number of fused-ring (bicyclic) bond motifs is 1. The van der Waals surface area contributed by atoms with Crippen LogP contribution >= 0.6 is 0 Å². The molecule has 0 unspecified atom stereocenters. The lowest BCUT2D eigenvalue weighted by molar-refractivity contribution is -0.177.